The molecule has 5 heteroatoms. The number of nitrogens with two attached hydrogens (primary N) is 1. The summed E-state index contributed by atoms with van der Waals surface area (Å²) in [7, 11) is 0. The number of fused-ring (bicyclic) bond motifs is 1. The van der Waals surface area contributed by atoms with E-state index >= 15 is 0 Å². The molecule has 0 aliphatic carbocycles. The number of ether oxygens (including phenoxy) is 1. The van der Waals surface area contributed by atoms with E-state index in [2.05, 4.69) is 0 Å². The van der Waals surface area contributed by atoms with E-state index in [1.165, 1.54) is 0 Å². The van der Waals surface area contributed by atoms with E-state index in [1.54, 1.807) is 17.0 Å². The van der Waals surface area contributed by atoms with Gasteiger partial charge in [-0.1, -0.05) is 17.7 Å². The van der Waals surface area contributed by atoms with E-state index < -0.39 is 0 Å². The Morgan fingerprint density at radius 3 is 2.96 bits per heavy atom. The number of hydrogen-bond donors (Lipinski definition) is 1. The molecule has 2 N–H and O–H groups in total. The molecule has 4 nitrogen and oxygen atoms in total. The summed E-state index contributed by atoms with van der Waals surface area (Å²) in [5.41, 5.74) is 9.63. The zero-order valence-corrected chi connectivity index (χ0v) is 13.8. The van der Waals surface area contributed by atoms with Crippen molar-refractivity contribution in [3.63, 3.8) is 0 Å². The molecule has 0 radical (unpaired) electrons. The van der Waals surface area contributed by atoms with E-state index in [9.17, 15) is 4.79 Å². The minimum Gasteiger partial charge on any atom is -0.483 e. The van der Waals surface area contributed by atoms with Gasteiger partial charge in [0.1, 0.15) is 5.75 Å². The third-order valence-corrected chi connectivity index (χ3v) is 4.31. The summed E-state index contributed by atoms with van der Waals surface area (Å²) in [6.45, 7) is 2.59. The van der Waals surface area contributed by atoms with Crippen LogP contribution in [0.2, 0.25) is 5.02 Å². The van der Waals surface area contributed by atoms with Crippen LogP contribution in [0.3, 0.4) is 0 Å². The first-order valence-electron chi connectivity index (χ1n) is 7.63. The number of rotatable bonds is 3. The summed E-state index contributed by atoms with van der Waals surface area (Å²) in [6, 6.07) is 11.1. The Morgan fingerprint density at radius 2 is 2.17 bits per heavy atom. The second kappa shape index (κ2) is 6.50. The van der Waals surface area contributed by atoms with Gasteiger partial charge < -0.3 is 15.4 Å². The molecule has 0 saturated heterocycles. The summed E-state index contributed by atoms with van der Waals surface area (Å²) in [6.07, 6.45) is 1.82. The van der Waals surface area contributed by atoms with Crippen molar-refractivity contribution in [2.24, 2.45) is 0 Å². The predicted molar refractivity (Wildman–Crippen MR) is 93.2 cm³/mol. The Hall–Kier alpha value is -2.20. The van der Waals surface area contributed by atoms with Crippen molar-refractivity contribution in [1.29, 1.82) is 0 Å². The van der Waals surface area contributed by atoms with Gasteiger partial charge in [-0.05, 0) is 61.2 Å². The van der Waals surface area contributed by atoms with E-state index in [1.807, 2.05) is 31.2 Å². The standard InChI is InChI=1S/C18H19ClN2O2/c1-12-10-13(19)7-8-17(12)23-11-18(22)21-9-3-4-14-15(20)5-2-6-16(14)21/h2,5-8,10H,3-4,9,11,20H2,1H3. The Bertz CT molecular complexity index is 746. The lowest BCUT2D eigenvalue weighted by molar-refractivity contribution is -0.120. The lowest BCUT2D eigenvalue weighted by Crippen LogP contribution is -2.38. The van der Waals surface area contributed by atoms with Crippen LogP contribution in [0.5, 0.6) is 5.75 Å². The van der Waals surface area contributed by atoms with Crippen molar-refractivity contribution in [1.82, 2.24) is 0 Å². The summed E-state index contributed by atoms with van der Waals surface area (Å²) in [5, 5.41) is 0.654. The second-order valence-corrected chi connectivity index (χ2v) is 6.13. The summed E-state index contributed by atoms with van der Waals surface area (Å²) in [5.74, 6) is 0.610. The van der Waals surface area contributed by atoms with Crippen LogP contribution in [0.1, 0.15) is 17.5 Å². The number of nitrogens with zero attached hydrogens (tertiary/aromatic N) is 1. The van der Waals surface area contributed by atoms with Crippen molar-refractivity contribution in [3.8, 4) is 5.75 Å². The molecule has 120 valence electrons. The number of benzene rings is 2. The quantitative estimate of drug-likeness (QED) is 0.875. The van der Waals surface area contributed by atoms with Crippen molar-refractivity contribution in [3.05, 3.63) is 52.5 Å². The first-order valence-corrected chi connectivity index (χ1v) is 8.01. The molecule has 2 aromatic carbocycles. The van der Waals surface area contributed by atoms with Gasteiger partial charge in [-0.2, -0.15) is 0 Å². The van der Waals surface area contributed by atoms with Crippen LogP contribution < -0.4 is 15.4 Å². The first-order chi connectivity index (χ1) is 11.1. The largest absolute Gasteiger partial charge is 0.483 e. The van der Waals surface area contributed by atoms with Crippen LogP contribution in [0, 0.1) is 6.92 Å². The van der Waals surface area contributed by atoms with Gasteiger partial charge in [0.05, 0.1) is 0 Å². The normalized spacial score (nSPS) is 13.6. The lowest BCUT2D eigenvalue weighted by Gasteiger charge is -2.30. The van der Waals surface area contributed by atoms with Crippen molar-refractivity contribution in [2.75, 3.05) is 23.8 Å². The summed E-state index contributed by atoms with van der Waals surface area (Å²) in [4.78, 5) is 14.3. The summed E-state index contributed by atoms with van der Waals surface area (Å²) < 4.78 is 5.67. The minimum atomic E-state index is -0.0640. The van der Waals surface area contributed by atoms with Gasteiger partial charge in [-0.15, -0.1) is 0 Å². The minimum absolute atomic E-state index is 0.00326. The molecule has 1 aliphatic heterocycles. The molecule has 1 aliphatic rings. The van der Waals surface area contributed by atoms with Gasteiger partial charge >= 0.3 is 0 Å². The average molecular weight is 331 g/mol. The highest BCUT2D eigenvalue weighted by Crippen LogP contribution is 2.31. The number of anilines is 2. The molecule has 2 aromatic rings. The van der Waals surface area contributed by atoms with Crippen LogP contribution in [-0.2, 0) is 11.2 Å². The highest BCUT2D eigenvalue weighted by molar-refractivity contribution is 6.30. The Morgan fingerprint density at radius 1 is 1.35 bits per heavy atom. The molecule has 0 saturated carbocycles. The maximum Gasteiger partial charge on any atom is 0.264 e. The molecule has 0 fully saturated rings. The van der Waals surface area contributed by atoms with Crippen LogP contribution in [0.15, 0.2) is 36.4 Å². The van der Waals surface area contributed by atoms with Crippen LogP contribution in [-0.4, -0.2) is 19.1 Å². The lowest BCUT2D eigenvalue weighted by atomic mass is 10.00. The van der Waals surface area contributed by atoms with E-state index in [4.69, 9.17) is 22.1 Å². The third-order valence-electron chi connectivity index (χ3n) is 4.08. The van der Waals surface area contributed by atoms with E-state index in [0.717, 1.165) is 35.3 Å². The van der Waals surface area contributed by atoms with Crippen molar-refractivity contribution in [2.45, 2.75) is 19.8 Å². The topological polar surface area (TPSA) is 55.6 Å². The summed E-state index contributed by atoms with van der Waals surface area (Å²) >= 11 is 5.93. The number of aryl methyl sites for hydroxylation is 1. The molecule has 0 bridgehead atoms. The van der Waals surface area contributed by atoms with Crippen LogP contribution in [0.4, 0.5) is 11.4 Å². The second-order valence-electron chi connectivity index (χ2n) is 5.69. The average Bonchev–Trinajstić information content (AvgIpc) is 2.54. The molecule has 3 rings (SSSR count). The molecule has 23 heavy (non-hydrogen) atoms. The third kappa shape index (κ3) is 3.27. The predicted octanol–water partition coefficient (Wildman–Crippen LogP) is 3.59. The maximum atomic E-state index is 12.6. The van der Waals surface area contributed by atoms with Gasteiger partial charge in [0.2, 0.25) is 0 Å². The Balaban J connectivity index is 1.74. The molecular formula is C18H19ClN2O2. The molecule has 1 heterocycles. The maximum absolute atomic E-state index is 12.6. The SMILES string of the molecule is Cc1cc(Cl)ccc1OCC(=O)N1CCCc2c(N)cccc21. The fraction of sp³-hybridized carbons (Fsp3) is 0.278. The van der Waals surface area contributed by atoms with Crippen molar-refractivity contribution >= 4 is 28.9 Å². The smallest absolute Gasteiger partial charge is 0.264 e. The highest BCUT2D eigenvalue weighted by atomic mass is 35.5. The van der Waals surface area contributed by atoms with Crippen molar-refractivity contribution < 1.29 is 9.53 Å². The zero-order chi connectivity index (χ0) is 16.4. The van der Waals surface area contributed by atoms with Gasteiger partial charge in [0, 0.05) is 22.9 Å². The van der Waals surface area contributed by atoms with Gasteiger partial charge in [0.25, 0.3) is 5.91 Å². The number of amides is 1. The molecular weight excluding hydrogens is 312 g/mol. The number of carbonyl (C=O) groups excluding carboxylic acids is 1. The van der Waals surface area contributed by atoms with E-state index in [-0.39, 0.29) is 12.5 Å². The fourth-order valence-electron chi connectivity index (χ4n) is 2.90. The zero-order valence-electron chi connectivity index (χ0n) is 13.0. The van der Waals surface area contributed by atoms with Crippen LogP contribution >= 0.6 is 11.6 Å². The Kier molecular flexibility index (Phi) is 4.44. The van der Waals surface area contributed by atoms with Crippen LogP contribution in [0.25, 0.3) is 0 Å². The molecule has 1 amide bonds. The van der Waals surface area contributed by atoms with E-state index in [0.29, 0.717) is 17.3 Å². The number of carbonyl (C=O) groups is 1. The Labute approximate surface area is 140 Å². The number of hydrogen-bond acceptors (Lipinski definition) is 3. The monoisotopic (exact) mass is 330 g/mol. The number of nitrogen functional groups attached to an aromatic ring is 1. The van der Waals surface area contributed by atoms with Gasteiger partial charge in [-0.3, -0.25) is 4.79 Å². The van der Waals surface area contributed by atoms with Gasteiger partial charge in [0.15, 0.2) is 6.61 Å². The molecule has 0 unspecified atom stereocenters. The molecule has 0 spiro atoms. The first kappa shape index (κ1) is 15.7. The molecule has 0 atom stereocenters. The highest BCUT2D eigenvalue weighted by Gasteiger charge is 2.24. The fourth-order valence-corrected chi connectivity index (χ4v) is 3.13. The molecule has 0 aromatic heterocycles. The van der Waals surface area contributed by atoms with Gasteiger partial charge in [-0.25, -0.2) is 0 Å². The number of halogens is 1.